The third kappa shape index (κ3) is 4.78. The summed E-state index contributed by atoms with van der Waals surface area (Å²) in [5, 5.41) is 10.4. The van der Waals surface area contributed by atoms with Gasteiger partial charge in [-0.15, -0.1) is 0 Å². The number of anilines is 2. The molecule has 10 rings (SSSR count). The lowest BCUT2D eigenvalue weighted by atomic mass is 9.75. The van der Waals surface area contributed by atoms with Crippen molar-refractivity contribution in [2.75, 3.05) is 31.6 Å². The number of hydrogen-bond donors (Lipinski definition) is 2. The Morgan fingerprint density at radius 1 is 0.633 bits per heavy atom. The van der Waals surface area contributed by atoms with Gasteiger partial charge in [-0.1, -0.05) is 78.9 Å². The van der Waals surface area contributed by atoms with Crippen LogP contribution in [-0.4, -0.2) is 48.4 Å². The Morgan fingerprint density at radius 2 is 1.31 bits per heavy atom. The van der Waals surface area contributed by atoms with Gasteiger partial charge in [0.15, 0.2) is 0 Å². The van der Waals surface area contributed by atoms with Crippen molar-refractivity contribution in [3.63, 3.8) is 0 Å². The van der Waals surface area contributed by atoms with Crippen LogP contribution in [0.25, 0.3) is 27.5 Å². The van der Waals surface area contributed by atoms with Gasteiger partial charge in [0.1, 0.15) is 0 Å². The highest BCUT2D eigenvalue weighted by Crippen LogP contribution is 2.50. The minimum Gasteiger partial charge on any atom is -0.336 e. The highest BCUT2D eigenvalue weighted by Gasteiger charge is 2.43. The van der Waals surface area contributed by atoms with Crippen molar-refractivity contribution in [1.82, 2.24) is 20.1 Å². The number of aromatic nitrogens is 1. The van der Waals surface area contributed by atoms with E-state index in [1.807, 2.05) is 0 Å². The molecule has 5 heteroatoms. The first kappa shape index (κ1) is 29.5. The van der Waals surface area contributed by atoms with Crippen LogP contribution in [0.15, 0.2) is 121 Å². The number of benzene rings is 5. The quantitative estimate of drug-likeness (QED) is 0.201. The fraction of sp³-hybridized carbons (Fsp3) is 0.318. The van der Waals surface area contributed by atoms with Crippen LogP contribution in [0.2, 0.25) is 0 Å². The van der Waals surface area contributed by atoms with E-state index < -0.39 is 0 Å². The summed E-state index contributed by atoms with van der Waals surface area (Å²) in [5.74, 6) is 1.83. The van der Waals surface area contributed by atoms with E-state index in [4.69, 9.17) is 0 Å². The summed E-state index contributed by atoms with van der Waals surface area (Å²) >= 11 is 0. The standard InChI is InChI=1S/C44H45N5/c1-47-26-24-33(37-12-8-25-45-44(37)47)29-16-20-32(21-17-29)49-42-15-7-4-11-36(42)38-27-39(46-28-43(38)49)30-18-22-31(23-19-30)48-40-13-5-2-9-34(40)35-10-3-6-14-41(35)48/h2-7,9-11,13-23,33,37-39,43-46H,8,12,24-28H2,1H3. The van der Waals surface area contributed by atoms with E-state index >= 15 is 0 Å². The summed E-state index contributed by atoms with van der Waals surface area (Å²) in [4.78, 5) is 5.18. The number of hydrogen-bond acceptors (Lipinski definition) is 4. The Balaban J connectivity index is 0.913. The molecule has 2 N–H and O–H groups in total. The van der Waals surface area contributed by atoms with Crippen LogP contribution in [0.5, 0.6) is 0 Å². The topological polar surface area (TPSA) is 35.5 Å². The zero-order valence-corrected chi connectivity index (χ0v) is 28.3. The van der Waals surface area contributed by atoms with E-state index in [0.29, 0.717) is 36.0 Å². The molecule has 0 bridgehead atoms. The van der Waals surface area contributed by atoms with E-state index in [9.17, 15) is 0 Å². The molecule has 49 heavy (non-hydrogen) atoms. The van der Waals surface area contributed by atoms with E-state index in [1.54, 1.807) is 0 Å². The van der Waals surface area contributed by atoms with Gasteiger partial charge in [-0.2, -0.15) is 0 Å². The molecule has 0 amide bonds. The SMILES string of the molecule is CN1CCC(c2ccc(N3c4ccccc4C4CC(c5ccc(-n6c7ccccc7c7ccccc76)cc5)NCC43)cc2)C2CCCNC21. The maximum atomic E-state index is 3.99. The Morgan fingerprint density at radius 3 is 2.08 bits per heavy atom. The predicted molar refractivity (Wildman–Crippen MR) is 202 cm³/mol. The molecule has 0 aliphatic carbocycles. The van der Waals surface area contributed by atoms with Gasteiger partial charge in [0.05, 0.1) is 23.2 Å². The van der Waals surface area contributed by atoms with E-state index in [0.717, 1.165) is 19.5 Å². The Hall–Kier alpha value is -4.42. The summed E-state index contributed by atoms with van der Waals surface area (Å²) < 4.78 is 2.41. The van der Waals surface area contributed by atoms with Crippen molar-refractivity contribution in [2.45, 2.75) is 55.8 Å². The zero-order chi connectivity index (χ0) is 32.5. The third-order valence-electron chi connectivity index (χ3n) is 12.4. The largest absolute Gasteiger partial charge is 0.336 e. The molecule has 3 fully saturated rings. The van der Waals surface area contributed by atoms with Gasteiger partial charge < -0.3 is 20.1 Å². The molecule has 0 spiro atoms. The number of piperidine rings is 3. The lowest BCUT2D eigenvalue weighted by molar-refractivity contribution is 0.0501. The molecular weight excluding hydrogens is 599 g/mol. The van der Waals surface area contributed by atoms with Crippen molar-refractivity contribution in [1.29, 1.82) is 0 Å². The molecule has 246 valence electrons. The molecule has 4 aliphatic heterocycles. The fourth-order valence-electron chi connectivity index (χ4n) is 10.1. The van der Waals surface area contributed by atoms with Gasteiger partial charge in [-0.3, -0.25) is 4.90 Å². The summed E-state index contributed by atoms with van der Waals surface area (Å²) in [6.07, 6.45) is 5.48. The molecule has 5 nitrogen and oxygen atoms in total. The summed E-state index contributed by atoms with van der Waals surface area (Å²) in [5.41, 5.74) is 10.8. The second-order valence-electron chi connectivity index (χ2n) is 14.9. The van der Waals surface area contributed by atoms with Crippen LogP contribution in [0.3, 0.4) is 0 Å². The smallest absolute Gasteiger partial charge is 0.0629 e. The molecular formula is C44H45N5. The second kappa shape index (κ2) is 11.9. The molecule has 5 heterocycles. The molecule has 5 aromatic carbocycles. The van der Waals surface area contributed by atoms with Gasteiger partial charge in [0.2, 0.25) is 0 Å². The van der Waals surface area contributed by atoms with Gasteiger partial charge in [-0.25, -0.2) is 0 Å². The van der Waals surface area contributed by atoms with Gasteiger partial charge in [-0.05, 0) is 117 Å². The molecule has 1 aromatic heterocycles. The lowest BCUT2D eigenvalue weighted by Crippen LogP contribution is -2.56. The lowest BCUT2D eigenvalue weighted by Gasteiger charge is -2.47. The highest BCUT2D eigenvalue weighted by molar-refractivity contribution is 6.09. The van der Waals surface area contributed by atoms with E-state index in [2.05, 4.69) is 153 Å². The van der Waals surface area contributed by atoms with Crippen LogP contribution in [0.4, 0.5) is 11.4 Å². The number of nitrogens with zero attached hydrogens (tertiary/aromatic N) is 3. The monoisotopic (exact) mass is 643 g/mol. The second-order valence-corrected chi connectivity index (χ2v) is 14.9. The molecule has 6 unspecified atom stereocenters. The first-order chi connectivity index (χ1) is 24.2. The van der Waals surface area contributed by atoms with Crippen LogP contribution in [0, 0.1) is 5.92 Å². The molecule has 0 radical (unpaired) electrons. The minimum absolute atomic E-state index is 0.324. The molecule has 3 saturated heterocycles. The molecule has 0 saturated carbocycles. The van der Waals surface area contributed by atoms with Crippen LogP contribution in [0.1, 0.15) is 60.3 Å². The predicted octanol–water partition coefficient (Wildman–Crippen LogP) is 8.87. The van der Waals surface area contributed by atoms with Crippen LogP contribution in [-0.2, 0) is 0 Å². The van der Waals surface area contributed by atoms with Crippen molar-refractivity contribution < 1.29 is 0 Å². The van der Waals surface area contributed by atoms with Gasteiger partial charge in [0.25, 0.3) is 0 Å². The van der Waals surface area contributed by atoms with Crippen LogP contribution >= 0.6 is 0 Å². The number of fused-ring (bicyclic) bond motifs is 7. The van der Waals surface area contributed by atoms with Crippen molar-refractivity contribution in [2.24, 2.45) is 5.92 Å². The maximum absolute atomic E-state index is 3.99. The zero-order valence-electron chi connectivity index (χ0n) is 28.3. The first-order valence-corrected chi connectivity index (χ1v) is 18.5. The molecule has 6 aromatic rings. The molecule has 4 aliphatic rings. The number of rotatable bonds is 4. The fourth-order valence-corrected chi connectivity index (χ4v) is 10.1. The van der Waals surface area contributed by atoms with Gasteiger partial charge in [0, 0.05) is 46.3 Å². The van der Waals surface area contributed by atoms with Crippen LogP contribution < -0.4 is 15.5 Å². The normalized spacial score (nSPS) is 26.8. The average molecular weight is 644 g/mol. The minimum atomic E-state index is 0.324. The number of likely N-dealkylation sites (tertiary alicyclic amines) is 1. The first-order valence-electron chi connectivity index (χ1n) is 18.5. The Labute approximate surface area is 289 Å². The summed E-state index contributed by atoms with van der Waals surface area (Å²) in [6, 6.07) is 46.5. The maximum Gasteiger partial charge on any atom is 0.0629 e. The van der Waals surface area contributed by atoms with E-state index in [1.165, 1.54) is 81.4 Å². The number of para-hydroxylation sites is 3. The average Bonchev–Trinajstić information content (AvgIpc) is 3.68. The summed E-state index contributed by atoms with van der Waals surface area (Å²) in [6.45, 7) is 3.28. The summed E-state index contributed by atoms with van der Waals surface area (Å²) in [7, 11) is 2.29. The van der Waals surface area contributed by atoms with Gasteiger partial charge >= 0.3 is 0 Å². The van der Waals surface area contributed by atoms with Crippen molar-refractivity contribution in [3.8, 4) is 5.69 Å². The molecule has 6 atom stereocenters. The Kier molecular flexibility index (Phi) is 7.15. The highest BCUT2D eigenvalue weighted by atomic mass is 15.3. The van der Waals surface area contributed by atoms with E-state index in [-0.39, 0.29) is 0 Å². The van der Waals surface area contributed by atoms with Crippen molar-refractivity contribution in [3.05, 3.63) is 138 Å². The number of nitrogens with one attached hydrogen (secondary N) is 2. The Bertz CT molecular complexity index is 2080. The van der Waals surface area contributed by atoms with Crippen molar-refractivity contribution >= 4 is 33.2 Å². The third-order valence-corrected chi connectivity index (χ3v) is 12.4.